The average molecular weight is 449 g/mol. The predicted molar refractivity (Wildman–Crippen MR) is 113 cm³/mol. The minimum atomic E-state index is -3.82. The second-order valence-corrected chi connectivity index (χ2v) is 9.11. The van der Waals surface area contributed by atoms with Crippen LogP contribution in [0.1, 0.15) is 29.9 Å². The molecule has 30 heavy (non-hydrogen) atoms. The molecule has 6 nitrogen and oxygen atoms in total. The molecule has 2 aromatic carbocycles. The normalized spacial score (nSPS) is 11.6. The molecule has 0 aliphatic heterocycles. The second kappa shape index (κ2) is 9.46. The van der Waals surface area contributed by atoms with E-state index in [1.165, 1.54) is 15.6 Å². The number of carbonyl (C=O) groups excluding carboxylic acids is 1. The first-order valence-corrected chi connectivity index (χ1v) is 11.7. The smallest absolute Gasteiger partial charge is 0.341 e. The summed E-state index contributed by atoms with van der Waals surface area (Å²) in [6.07, 6.45) is 0. The molecule has 3 rings (SSSR count). The maximum Gasteiger partial charge on any atom is 0.341 e. The molecule has 0 aliphatic carbocycles. The lowest BCUT2D eigenvalue weighted by atomic mass is 10.2. The molecule has 0 saturated carbocycles. The number of ether oxygens (including phenoxy) is 1. The van der Waals surface area contributed by atoms with Gasteiger partial charge < -0.3 is 4.74 Å². The van der Waals surface area contributed by atoms with Crippen molar-refractivity contribution in [1.29, 1.82) is 0 Å². The molecule has 0 atom stereocenters. The Morgan fingerprint density at radius 2 is 1.83 bits per heavy atom. The Balaban J connectivity index is 1.75. The van der Waals surface area contributed by atoms with Gasteiger partial charge in [-0.05, 0) is 18.2 Å². The fraction of sp³-hybridized carbons (Fsp3) is 0.238. The number of aromatic nitrogens is 1. The molecule has 0 bridgehead atoms. The van der Waals surface area contributed by atoms with Gasteiger partial charge in [0, 0.05) is 24.0 Å². The molecular formula is C21H21FN2O4S2. The van der Waals surface area contributed by atoms with Gasteiger partial charge in [0.05, 0.1) is 16.2 Å². The van der Waals surface area contributed by atoms with Crippen molar-refractivity contribution in [2.45, 2.75) is 25.3 Å². The van der Waals surface area contributed by atoms with Crippen LogP contribution in [0, 0.1) is 5.82 Å². The van der Waals surface area contributed by atoms with E-state index in [9.17, 15) is 17.6 Å². The number of sulfonamides is 1. The van der Waals surface area contributed by atoms with Crippen LogP contribution < -0.4 is 0 Å². The third-order valence-corrected chi connectivity index (χ3v) is 7.41. The third-order valence-electron chi connectivity index (χ3n) is 4.42. The average Bonchev–Trinajstić information content (AvgIpc) is 3.22. The number of thiazole rings is 1. The van der Waals surface area contributed by atoms with E-state index >= 15 is 0 Å². The topological polar surface area (TPSA) is 76.6 Å². The van der Waals surface area contributed by atoms with Gasteiger partial charge in [-0.25, -0.2) is 22.6 Å². The number of hydrogen-bond donors (Lipinski definition) is 0. The molecule has 0 unspecified atom stereocenters. The molecular weight excluding hydrogens is 427 g/mol. The van der Waals surface area contributed by atoms with Crippen LogP contribution in [0.5, 0.6) is 0 Å². The van der Waals surface area contributed by atoms with Crippen LogP contribution in [0.3, 0.4) is 0 Å². The van der Waals surface area contributed by atoms with E-state index in [1.54, 1.807) is 19.2 Å². The third kappa shape index (κ3) is 4.75. The summed E-state index contributed by atoms with van der Waals surface area (Å²) in [6.45, 7) is 3.80. The minimum Gasteiger partial charge on any atom is -0.455 e. The lowest BCUT2D eigenvalue weighted by molar-refractivity contribution is 0.0462. The van der Waals surface area contributed by atoms with Gasteiger partial charge in [-0.1, -0.05) is 44.2 Å². The van der Waals surface area contributed by atoms with Crippen LogP contribution >= 0.6 is 11.3 Å². The fourth-order valence-electron chi connectivity index (χ4n) is 2.84. The summed E-state index contributed by atoms with van der Waals surface area (Å²) < 4.78 is 45.9. The van der Waals surface area contributed by atoms with Crippen molar-refractivity contribution >= 4 is 27.3 Å². The van der Waals surface area contributed by atoms with E-state index in [4.69, 9.17) is 4.74 Å². The summed E-state index contributed by atoms with van der Waals surface area (Å²) in [5.41, 5.74) is 1.04. The summed E-state index contributed by atoms with van der Waals surface area (Å²) in [7, 11) is -3.82. The van der Waals surface area contributed by atoms with Crippen LogP contribution in [0.2, 0.25) is 0 Å². The zero-order chi connectivity index (χ0) is 21.7. The zero-order valence-corrected chi connectivity index (χ0v) is 18.2. The van der Waals surface area contributed by atoms with Crippen molar-refractivity contribution < 1.29 is 22.3 Å². The Bertz CT molecular complexity index is 1130. The number of esters is 1. The first-order valence-electron chi connectivity index (χ1n) is 9.33. The molecule has 0 fully saturated rings. The van der Waals surface area contributed by atoms with E-state index in [2.05, 4.69) is 4.98 Å². The van der Waals surface area contributed by atoms with Gasteiger partial charge in [0.1, 0.15) is 17.4 Å². The Morgan fingerprint density at radius 1 is 1.13 bits per heavy atom. The van der Waals surface area contributed by atoms with Crippen molar-refractivity contribution in [3.8, 4) is 10.6 Å². The van der Waals surface area contributed by atoms with Gasteiger partial charge in [-0.15, -0.1) is 11.3 Å². The quantitative estimate of drug-likeness (QED) is 0.479. The van der Waals surface area contributed by atoms with E-state index in [-0.39, 0.29) is 24.6 Å². The molecule has 1 aromatic heterocycles. The molecule has 3 aromatic rings. The highest BCUT2D eigenvalue weighted by Crippen LogP contribution is 2.24. The largest absolute Gasteiger partial charge is 0.455 e. The molecule has 0 radical (unpaired) electrons. The Labute approximate surface area is 179 Å². The van der Waals surface area contributed by atoms with Crippen molar-refractivity contribution in [3.63, 3.8) is 0 Å². The van der Waals surface area contributed by atoms with Crippen LogP contribution in [0.4, 0.5) is 4.39 Å². The first-order chi connectivity index (χ1) is 14.4. The monoisotopic (exact) mass is 448 g/mol. The summed E-state index contributed by atoms with van der Waals surface area (Å²) in [4.78, 5) is 16.7. The maximum absolute atomic E-state index is 14.2. The summed E-state index contributed by atoms with van der Waals surface area (Å²) in [5.74, 6) is -1.79. The first kappa shape index (κ1) is 22.1. The number of carbonyl (C=O) groups is 1. The van der Waals surface area contributed by atoms with Crippen LogP contribution in [0.15, 0.2) is 58.8 Å². The number of benzene rings is 2. The van der Waals surface area contributed by atoms with Gasteiger partial charge in [-0.3, -0.25) is 0 Å². The van der Waals surface area contributed by atoms with Crippen molar-refractivity contribution in [1.82, 2.24) is 9.29 Å². The van der Waals surface area contributed by atoms with Crippen LogP contribution in [-0.2, 0) is 21.4 Å². The highest BCUT2D eigenvalue weighted by molar-refractivity contribution is 7.89. The van der Waals surface area contributed by atoms with Gasteiger partial charge in [0.25, 0.3) is 0 Å². The van der Waals surface area contributed by atoms with E-state index in [0.717, 1.165) is 28.8 Å². The second-order valence-electron chi connectivity index (χ2n) is 6.32. The fourth-order valence-corrected chi connectivity index (χ4v) is 5.13. The Kier molecular flexibility index (Phi) is 6.96. The summed E-state index contributed by atoms with van der Waals surface area (Å²) in [5, 5.41) is 2.54. The van der Waals surface area contributed by atoms with E-state index in [0.29, 0.717) is 5.69 Å². The van der Waals surface area contributed by atoms with Gasteiger partial charge in [0.2, 0.25) is 10.0 Å². The van der Waals surface area contributed by atoms with Gasteiger partial charge >= 0.3 is 5.97 Å². The number of nitrogens with zero attached hydrogens (tertiary/aromatic N) is 2. The van der Waals surface area contributed by atoms with Crippen molar-refractivity contribution in [3.05, 3.63) is 71.0 Å². The van der Waals surface area contributed by atoms with Crippen molar-refractivity contribution in [2.24, 2.45) is 0 Å². The molecule has 0 N–H and O–H groups in total. The van der Waals surface area contributed by atoms with Crippen LogP contribution in [-0.4, -0.2) is 36.8 Å². The van der Waals surface area contributed by atoms with Gasteiger partial charge in [-0.2, -0.15) is 4.31 Å². The number of rotatable bonds is 8. The van der Waals surface area contributed by atoms with Gasteiger partial charge in [0.15, 0.2) is 0 Å². The maximum atomic E-state index is 14.2. The molecule has 0 saturated heterocycles. The summed E-state index contributed by atoms with van der Waals surface area (Å²) in [6, 6.07) is 12.7. The molecule has 9 heteroatoms. The molecule has 1 heterocycles. The number of hydrogen-bond acceptors (Lipinski definition) is 6. The molecule has 0 amide bonds. The Morgan fingerprint density at radius 3 is 2.50 bits per heavy atom. The van der Waals surface area contributed by atoms with Crippen molar-refractivity contribution in [2.75, 3.05) is 13.1 Å². The zero-order valence-electron chi connectivity index (χ0n) is 16.5. The lowest BCUT2D eigenvalue weighted by Gasteiger charge is -2.18. The molecule has 0 spiro atoms. The predicted octanol–water partition coefficient (Wildman–Crippen LogP) is 4.34. The SMILES string of the molecule is CCN(CC)S(=O)(=O)c1ccc(F)c(C(=O)OCc2csc(-c3ccccc3)n2)c1. The van der Waals surface area contributed by atoms with Crippen LogP contribution in [0.25, 0.3) is 10.6 Å². The Hall–Kier alpha value is -2.62. The highest BCUT2D eigenvalue weighted by Gasteiger charge is 2.25. The molecule has 158 valence electrons. The summed E-state index contributed by atoms with van der Waals surface area (Å²) >= 11 is 1.41. The van der Waals surface area contributed by atoms with E-state index in [1.807, 2.05) is 30.3 Å². The number of halogens is 1. The molecule has 0 aliphatic rings. The lowest BCUT2D eigenvalue weighted by Crippen LogP contribution is -2.30. The van der Waals surface area contributed by atoms with E-state index < -0.39 is 27.4 Å². The standard InChI is InChI=1S/C21H21FN2O4S2/c1-3-24(4-2)30(26,27)17-10-11-19(22)18(12-17)21(25)28-13-16-14-29-20(23-16)15-8-6-5-7-9-15/h5-12,14H,3-4,13H2,1-2H3. The highest BCUT2D eigenvalue weighted by atomic mass is 32.2. The minimum absolute atomic E-state index is 0.144.